The van der Waals surface area contributed by atoms with E-state index in [0.29, 0.717) is 66.8 Å². The van der Waals surface area contributed by atoms with Crippen LogP contribution in [0, 0.1) is 23.0 Å². The molecule has 1 atom stereocenters. The predicted octanol–water partition coefficient (Wildman–Crippen LogP) is 3.15. The molecule has 0 spiro atoms. The maximum Gasteiger partial charge on any atom is 0.225 e. The maximum absolute atomic E-state index is 15.0. The van der Waals surface area contributed by atoms with E-state index in [2.05, 4.69) is 47.1 Å². The smallest absolute Gasteiger partial charge is 0.225 e. The lowest BCUT2D eigenvalue weighted by atomic mass is 10.1. The number of hydrogen-bond acceptors (Lipinski definition) is 11. The molecule has 2 saturated heterocycles. The van der Waals surface area contributed by atoms with Gasteiger partial charge in [-0.2, -0.15) is 5.26 Å². The molecule has 2 aromatic carbocycles. The van der Waals surface area contributed by atoms with Crippen LogP contribution in [0.3, 0.4) is 0 Å². The Labute approximate surface area is 263 Å². The van der Waals surface area contributed by atoms with E-state index in [1.807, 2.05) is 23.1 Å². The highest BCUT2D eigenvalue weighted by Gasteiger charge is 2.25. The summed E-state index contributed by atoms with van der Waals surface area (Å²) < 4.78 is 36.5. The molecule has 46 heavy (non-hydrogen) atoms. The van der Waals surface area contributed by atoms with E-state index in [0.717, 1.165) is 37.3 Å². The molecule has 2 aliphatic heterocycles. The normalized spacial score (nSPS) is 17.8. The number of anilines is 1. The molecule has 0 radical (unpaired) electrons. The van der Waals surface area contributed by atoms with Crippen LogP contribution in [0.4, 0.5) is 14.7 Å². The summed E-state index contributed by atoms with van der Waals surface area (Å²) in [7, 11) is 2.11. The number of fused-ring (bicyclic) bond motifs is 1. The van der Waals surface area contributed by atoms with E-state index >= 15 is 4.39 Å². The summed E-state index contributed by atoms with van der Waals surface area (Å²) in [5.41, 5.74) is 3.93. The minimum Gasteiger partial charge on any atom is -0.373 e. The Morgan fingerprint density at radius 3 is 2.50 bits per heavy atom. The minimum atomic E-state index is -0.593. The lowest BCUT2D eigenvalue weighted by Gasteiger charge is -2.32. The average molecular weight is 624 g/mol. The summed E-state index contributed by atoms with van der Waals surface area (Å²) in [6.07, 6.45) is 4.70. The second-order valence-electron chi connectivity index (χ2n) is 11.6. The molecule has 14 heteroatoms. The van der Waals surface area contributed by atoms with Crippen molar-refractivity contribution < 1.29 is 13.5 Å². The fourth-order valence-corrected chi connectivity index (χ4v) is 5.73. The molecule has 0 amide bonds. The van der Waals surface area contributed by atoms with Gasteiger partial charge in [0.25, 0.3) is 0 Å². The van der Waals surface area contributed by atoms with E-state index in [4.69, 9.17) is 4.74 Å². The standard InChI is InChI=1S/C32H31F2N11O/c1-42-6-8-43(9-7-42)18-23-3-2-21(13-28(23)34)25-15-37-32(38-16-25)44-10-11-46-26(19-44)20-45-31-30(40-41-45)36-17-29(39-31)22-4-5-27(33)24(12-22)14-35/h2-5,12-13,15-17,26H,6-11,18-20H2,1H3/t26-/m0/s1. The molecule has 0 aliphatic carbocycles. The van der Waals surface area contributed by atoms with Crippen LogP contribution in [0.5, 0.6) is 0 Å². The molecule has 0 N–H and O–H groups in total. The Bertz CT molecular complexity index is 1900. The van der Waals surface area contributed by atoms with Crippen LogP contribution in [0.15, 0.2) is 55.0 Å². The van der Waals surface area contributed by atoms with Crippen LogP contribution in [0.25, 0.3) is 33.7 Å². The predicted molar refractivity (Wildman–Crippen MR) is 165 cm³/mol. The number of hydrogen-bond donors (Lipinski definition) is 0. The number of benzene rings is 2. The van der Waals surface area contributed by atoms with Crippen LogP contribution in [0.1, 0.15) is 11.1 Å². The van der Waals surface area contributed by atoms with Gasteiger partial charge in [0, 0.05) is 74.9 Å². The largest absolute Gasteiger partial charge is 0.373 e. The lowest BCUT2D eigenvalue weighted by Crippen LogP contribution is -2.45. The lowest BCUT2D eigenvalue weighted by molar-refractivity contribution is 0.0273. The number of nitriles is 1. The number of halogens is 2. The van der Waals surface area contributed by atoms with Crippen molar-refractivity contribution in [2.45, 2.75) is 19.2 Å². The third kappa shape index (κ3) is 6.25. The van der Waals surface area contributed by atoms with Crippen LogP contribution in [-0.2, 0) is 17.8 Å². The number of rotatable bonds is 7. The van der Waals surface area contributed by atoms with Crippen molar-refractivity contribution in [3.63, 3.8) is 0 Å². The first kappa shape index (κ1) is 29.7. The molecule has 0 unspecified atom stereocenters. The van der Waals surface area contributed by atoms with E-state index in [9.17, 15) is 9.65 Å². The Kier molecular flexibility index (Phi) is 8.27. The zero-order valence-electron chi connectivity index (χ0n) is 25.2. The Morgan fingerprint density at radius 1 is 0.913 bits per heavy atom. The maximum atomic E-state index is 15.0. The highest BCUT2D eigenvalue weighted by atomic mass is 19.1. The summed E-state index contributed by atoms with van der Waals surface area (Å²) in [6.45, 7) is 6.39. The minimum absolute atomic E-state index is 0.0706. The third-order valence-electron chi connectivity index (χ3n) is 8.42. The first-order chi connectivity index (χ1) is 22.4. The molecule has 2 fully saturated rings. The Balaban J connectivity index is 1.02. The molecule has 0 bridgehead atoms. The molecule has 2 aliphatic rings. The average Bonchev–Trinajstić information content (AvgIpc) is 3.48. The van der Waals surface area contributed by atoms with Gasteiger partial charge in [0.1, 0.15) is 17.7 Å². The first-order valence-corrected chi connectivity index (χ1v) is 15.1. The van der Waals surface area contributed by atoms with Crippen molar-refractivity contribution in [1.82, 2.24) is 44.7 Å². The highest BCUT2D eigenvalue weighted by Crippen LogP contribution is 2.25. The first-order valence-electron chi connectivity index (χ1n) is 15.1. The van der Waals surface area contributed by atoms with E-state index in [-0.39, 0.29) is 17.5 Å². The van der Waals surface area contributed by atoms with Crippen LogP contribution < -0.4 is 4.90 Å². The Hall–Kier alpha value is -4.97. The summed E-state index contributed by atoms with van der Waals surface area (Å²) in [5.74, 6) is -0.262. The van der Waals surface area contributed by atoms with Crippen molar-refractivity contribution in [3.05, 3.63) is 77.8 Å². The molecule has 234 valence electrons. The van der Waals surface area contributed by atoms with Crippen molar-refractivity contribution in [2.24, 2.45) is 0 Å². The van der Waals surface area contributed by atoms with E-state index in [1.54, 1.807) is 29.2 Å². The van der Waals surface area contributed by atoms with Gasteiger partial charge in [0.2, 0.25) is 11.6 Å². The number of nitrogens with zero attached hydrogens (tertiary/aromatic N) is 11. The number of ether oxygens (including phenoxy) is 1. The van der Waals surface area contributed by atoms with Crippen LogP contribution in [-0.4, -0.2) is 104 Å². The van der Waals surface area contributed by atoms with E-state index < -0.39 is 5.82 Å². The molecule has 0 saturated carbocycles. The SMILES string of the molecule is CN1CCN(Cc2ccc(-c3cnc(N4CCO[C@H](Cn5nnc6ncc(-c7ccc(F)c(C#N)c7)nc65)C4)nc3)cc2F)CC1. The van der Waals surface area contributed by atoms with Gasteiger partial charge in [-0.3, -0.25) is 4.90 Å². The fourth-order valence-electron chi connectivity index (χ4n) is 5.73. The summed E-state index contributed by atoms with van der Waals surface area (Å²) >= 11 is 0. The van der Waals surface area contributed by atoms with Gasteiger partial charge in [-0.15, -0.1) is 5.10 Å². The second kappa shape index (κ2) is 12.8. The highest BCUT2D eigenvalue weighted by molar-refractivity contribution is 5.70. The molecule has 5 aromatic rings. The molecule has 5 heterocycles. The van der Waals surface area contributed by atoms with Crippen molar-refractivity contribution in [3.8, 4) is 28.5 Å². The van der Waals surface area contributed by atoms with Gasteiger partial charge in [-0.05, 0) is 36.9 Å². The molecular formula is C32H31F2N11O. The molecular weight excluding hydrogens is 592 g/mol. The zero-order valence-corrected chi connectivity index (χ0v) is 25.2. The van der Waals surface area contributed by atoms with Gasteiger partial charge < -0.3 is 14.5 Å². The van der Waals surface area contributed by atoms with Gasteiger partial charge in [-0.25, -0.2) is 33.4 Å². The monoisotopic (exact) mass is 623 g/mol. The van der Waals surface area contributed by atoms with Gasteiger partial charge >= 0.3 is 0 Å². The van der Waals surface area contributed by atoms with Gasteiger partial charge in [0.05, 0.1) is 36.7 Å². The van der Waals surface area contributed by atoms with Gasteiger partial charge in [0.15, 0.2) is 5.65 Å². The van der Waals surface area contributed by atoms with Crippen molar-refractivity contribution >= 4 is 17.2 Å². The van der Waals surface area contributed by atoms with Crippen LogP contribution in [0.2, 0.25) is 0 Å². The quantitative estimate of drug-likeness (QED) is 0.266. The van der Waals surface area contributed by atoms with Crippen molar-refractivity contribution in [2.75, 3.05) is 57.8 Å². The number of likely N-dealkylation sites (N-methyl/N-ethyl adjacent to an activating group) is 1. The van der Waals surface area contributed by atoms with Crippen LogP contribution >= 0.6 is 0 Å². The number of aromatic nitrogens is 7. The number of piperazine rings is 1. The van der Waals surface area contributed by atoms with E-state index in [1.165, 1.54) is 18.3 Å². The molecule has 3 aromatic heterocycles. The molecule has 12 nitrogen and oxygen atoms in total. The summed E-state index contributed by atoms with van der Waals surface area (Å²) in [6, 6.07) is 11.4. The molecule has 7 rings (SSSR count). The summed E-state index contributed by atoms with van der Waals surface area (Å²) in [4.78, 5) is 24.8. The second-order valence-corrected chi connectivity index (χ2v) is 11.6. The Morgan fingerprint density at radius 2 is 1.72 bits per heavy atom. The fraction of sp³-hybridized carbons (Fsp3) is 0.344. The zero-order chi connectivity index (χ0) is 31.6. The third-order valence-corrected chi connectivity index (χ3v) is 8.42. The summed E-state index contributed by atoms with van der Waals surface area (Å²) in [5, 5.41) is 17.6. The number of morpholine rings is 1. The van der Waals surface area contributed by atoms with Gasteiger partial charge in [-0.1, -0.05) is 17.3 Å². The topological polar surface area (TPSA) is 125 Å². The van der Waals surface area contributed by atoms with Crippen molar-refractivity contribution in [1.29, 1.82) is 5.26 Å².